The Morgan fingerprint density at radius 2 is 2.14 bits per heavy atom. The van der Waals surface area contributed by atoms with Gasteiger partial charge in [0.1, 0.15) is 0 Å². The number of likely N-dealkylation sites (tertiary alicyclic amines) is 1. The predicted molar refractivity (Wildman–Crippen MR) is 86.5 cm³/mol. The van der Waals surface area contributed by atoms with E-state index in [0.29, 0.717) is 6.42 Å². The van der Waals surface area contributed by atoms with E-state index in [-0.39, 0.29) is 11.8 Å². The zero-order valence-electron chi connectivity index (χ0n) is 13.0. The van der Waals surface area contributed by atoms with Gasteiger partial charge in [-0.05, 0) is 43.9 Å². The van der Waals surface area contributed by atoms with Crippen molar-refractivity contribution in [1.29, 1.82) is 5.26 Å². The van der Waals surface area contributed by atoms with E-state index in [2.05, 4.69) is 29.2 Å². The van der Waals surface area contributed by atoms with Crippen LogP contribution < -0.4 is 4.90 Å². The van der Waals surface area contributed by atoms with E-state index in [1.807, 2.05) is 11.0 Å². The summed E-state index contributed by atoms with van der Waals surface area (Å²) in [6.45, 7) is 3.45. The third-order valence-electron chi connectivity index (χ3n) is 4.77. The van der Waals surface area contributed by atoms with Crippen molar-refractivity contribution in [3.05, 3.63) is 29.8 Å². The molecule has 0 N–H and O–H groups in total. The minimum atomic E-state index is 0.0820. The molecule has 3 rings (SSSR count). The van der Waals surface area contributed by atoms with Crippen molar-refractivity contribution in [2.24, 2.45) is 5.92 Å². The molecule has 2 heterocycles. The minimum Gasteiger partial charge on any atom is -0.312 e. The molecule has 2 aliphatic heterocycles. The zero-order chi connectivity index (χ0) is 15.4. The molecule has 0 aromatic heterocycles. The van der Waals surface area contributed by atoms with Gasteiger partial charge in [0.15, 0.2) is 0 Å². The van der Waals surface area contributed by atoms with Crippen LogP contribution in [0.5, 0.6) is 0 Å². The Morgan fingerprint density at radius 1 is 1.27 bits per heavy atom. The highest BCUT2D eigenvalue weighted by molar-refractivity contribution is 5.96. The Labute approximate surface area is 132 Å². The highest BCUT2D eigenvalue weighted by Gasteiger charge is 2.31. The van der Waals surface area contributed by atoms with Crippen LogP contribution in [0.3, 0.4) is 0 Å². The Balaban J connectivity index is 1.70. The van der Waals surface area contributed by atoms with Crippen molar-refractivity contribution >= 4 is 11.6 Å². The molecule has 0 bridgehead atoms. The topological polar surface area (TPSA) is 47.3 Å². The van der Waals surface area contributed by atoms with E-state index in [1.165, 1.54) is 5.56 Å². The van der Waals surface area contributed by atoms with Crippen LogP contribution >= 0.6 is 0 Å². The van der Waals surface area contributed by atoms with Crippen LogP contribution in [0.25, 0.3) is 0 Å². The van der Waals surface area contributed by atoms with E-state index < -0.39 is 0 Å². The lowest BCUT2D eigenvalue weighted by Crippen LogP contribution is -2.46. The van der Waals surface area contributed by atoms with Gasteiger partial charge in [-0.15, -0.1) is 0 Å². The molecule has 1 aromatic carbocycles. The molecule has 1 amide bonds. The SMILES string of the molecule is N#CCCN1CCCC(C(=O)N2CCCc3ccccc32)C1. The lowest BCUT2D eigenvalue weighted by Gasteiger charge is -2.36. The first kappa shape index (κ1) is 15.1. The summed E-state index contributed by atoms with van der Waals surface area (Å²) in [7, 11) is 0. The van der Waals surface area contributed by atoms with Crippen LogP contribution in [-0.2, 0) is 11.2 Å². The molecule has 1 fully saturated rings. The average Bonchev–Trinajstić information content (AvgIpc) is 2.59. The van der Waals surface area contributed by atoms with Crippen LogP contribution in [0.4, 0.5) is 5.69 Å². The quantitative estimate of drug-likeness (QED) is 0.861. The maximum atomic E-state index is 13.0. The van der Waals surface area contributed by atoms with Gasteiger partial charge in [-0.1, -0.05) is 18.2 Å². The molecule has 1 atom stereocenters. The maximum Gasteiger partial charge on any atom is 0.231 e. The first-order chi connectivity index (χ1) is 10.8. The lowest BCUT2D eigenvalue weighted by molar-refractivity contribution is -0.124. The molecule has 116 valence electrons. The van der Waals surface area contributed by atoms with Crippen LogP contribution in [-0.4, -0.2) is 37.0 Å². The van der Waals surface area contributed by atoms with Crippen LogP contribution in [0, 0.1) is 17.2 Å². The van der Waals surface area contributed by atoms with Gasteiger partial charge < -0.3 is 9.80 Å². The summed E-state index contributed by atoms with van der Waals surface area (Å²) in [6, 6.07) is 10.5. The Kier molecular flexibility index (Phi) is 4.74. The highest BCUT2D eigenvalue weighted by atomic mass is 16.2. The number of nitriles is 1. The molecule has 1 unspecified atom stereocenters. The van der Waals surface area contributed by atoms with Gasteiger partial charge in [0.2, 0.25) is 5.91 Å². The summed E-state index contributed by atoms with van der Waals surface area (Å²) < 4.78 is 0. The molecule has 2 aliphatic rings. The monoisotopic (exact) mass is 297 g/mol. The van der Waals surface area contributed by atoms with Gasteiger partial charge in [-0.25, -0.2) is 0 Å². The van der Waals surface area contributed by atoms with E-state index in [4.69, 9.17) is 5.26 Å². The molecule has 4 nitrogen and oxygen atoms in total. The number of amides is 1. The average molecular weight is 297 g/mol. The molecule has 22 heavy (non-hydrogen) atoms. The minimum absolute atomic E-state index is 0.0820. The maximum absolute atomic E-state index is 13.0. The summed E-state index contributed by atoms with van der Waals surface area (Å²) in [5.74, 6) is 0.354. The molecule has 1 aromatic rings. The van der Waals surface area contributed by atoms with Gasteiger partial charge in [0, 0.05) is 31.7 Å². The summed E-state index contributed by atoms with van der Waals surface area (Å²) in [5, 5.41) is 8.73. The van der Waals surface area contributed by atoms with Crippen molar-refractivity contribution in [3.8, 4) is 6.07 Å². The number of rotatable bonds is 3. The molecule has 0 saturated carbocycles. The first-order valence-corrected chi connectivity index (χ1v) is 8.28. The number of nitrogens with zero attached hydrogens (tertiary/aromatic N) is 3. The summed E-state index contributed by atoms with van der Waals surface area (Å²) in [5.41, 5.74) is 2.40. The molecule has 4 heteroatoms. The summed E-state index contributed by atoms with van der Waals surface area (Å²) >= 11 is 0. The Hall–Kier alpha value is -1.86. The van der Waals surface area contributed by atoms with Gasteiger partial charge in [-0.2, -0.15) is 5.26 Å². The van der Waals surface area contributed by atoms with Gasteiger partial charge in [0.25, 0.3) is 0 Å². The molecular formula is C18H23N3O. The second-order valence-corrected chi connectivity index (χ2v) is 6.27. The van der Waals surface area contributed by atoms with Crippen molar-refractivity contribution < 1.29 is 4.79 Å². The van der Waals surface area contributed by atoms with Crippen LogP contribution in [0.2, 0.25) is 0 Å². The number of benzene rings is 1. The van der Waals surface area contributed by atoms with E-state index in [0.717, 1.165) is 57.5 Å². The number of anilines is 1. The van der Waals surface area contributed by atoms with E-state index in [1.54, 1.807) is 0 Å². The number of fused-ring (bicyclic) bond motifs is 1. The smallest absolute Gasteiger partial charge is 0.231 e. The number of aryl methyl sites for hydroxylation is 1. The van der Waals surface area contributed by atoms with Crippen molar-refractivity contribution in [1.82, 2.24) is 4.90 Å². The fourth-order valence-electron chi connectivity index (χ4n) is 3.65. The molecule has 0 radical (unpaired) electrons. The number of hydrogen-bond donors (Lipinski definition) is 0. The molecule has 1 saturated heterocycles. The number of carbonyl (C=O) groups is 1. The van der Waals surface area contributed by atoms with E-state index >= 15 is 0 Å². The fraction of sp³-hybridized carbons (Fsp3) is 0.556. The predicted octanol–water partition coefficient (Wildman–Crippen LogP) is 2.59. The molecular weight excluding hydrogens is 274 g/mol. The van der Waals surface area contributed by atoms with Crippen molar-refractivity contribution in [3.63, 3.8) is 0 Å². The third-order valence-corrected chi connectivity index (χ3v) is 4.77. The first-order valence-electron chi connectivity index (χ1n) is 8.28. The van der Waals surface area contributed by atoms with Gasteiger partial charge >= 0.3 is 0 Å². The number of para-hydroxylation sites is 1. The number of carbonyl (C=O) groups excluding carboxylic acids is 1. The second-order valence-electron chi connectivity index (χ2n) is 6.27. The number of piperidine rings is 1. The third kappa shape index (κ3) is 3.15. The lowest BCUT2D eigenvalue weighted by atomic mass is 9.94. The van der Waals surface area contributed by atoms with Crippen molar-refractivity contribution in [2.45, 2.75) is 32.1 Å². The highest BCUT2D eigenvalue weighted by Crippen LogP contribution is 2.29. The Morgan fingerprint density at radius 3 is 3.00 bits per heavy atom. The standard InChI is InChI=1S/C18H23N3O/c19-10-5-12-20-11-3-8-16(14-20)18(22)21-13-4-7-15-6-1-2-9-17(15)21/h1-2,6,9,16H,3-5,7-8,11-14H2. The Bertz CT molecular complexity index is 578. The largest absolute Gasteiger partial charge is 0.312 e. The van der Waals surface area contributed by atoms with Crippen LogP contribution in [0.1, 0.15) is 31.2 Å². The van der Waals surface area contributed by atoms with Crippen LogP contribution in [0.15, 0.2) is 24.3 Å². The fourth-order valence-corrected chi connectivity index (χ4v) is 3.65. The van der Waals surface area contributed by atoms with E-state index in [9.17, 15) is 4.79 Å². The normalized spacial score (nSPS) is 22.0. The zero-order valence-corrected chi connectivity index (χ0v) is 13.0. The second kappa shape index (κ2) is 6.93. The van der Waals surface area contributed by atoms with Gasteiger partial charge in [0.05, 0.1) is 12.0 Å². The molecule has 0 aliphatic carbocycles. The summed E-state index contributed by atoms with van der Waals surface area (Å²) in [4.78, 5) is 17.2. The molecule has 0 spiro atoms. The van der Waals surface area contributed by atoms with Gasteiger partial charge in [-0.3, -0.25) is 4.79 Å². The summed E-state index contributed by atoms with van der Waals surface area (Å²) in [6.07, 6.45) is 4.69. The number of hydrogen-bond acceptors (Lipinski definition) is 3. The van der Waals surface area contributed by atoms with Crippen molar-refractivity contribution in [2.75, 3.05) is 31.1 Å².